The number of ether oxygens (including phenoxy) is 1. The van der Waals surface area contributed by atoms with Gasteiger partial charge in [0.15, 0.2) is 0 Å². The van der Waals surface area contributed by atoms with Crippen LogP contribution in [0.15, 0.2) is 0 Å². The number of rotatable bonds is 10. The van der Waals surface area contributed by atoms with Gasteiger partial charge in [-0.05, 0) is 51.7 Å². The summed E-state index contributed by atoms with van der Waals surface area (Å²) in [5, 5.41) is 11.7. The third-order valence-electron chi connectivity index (χ3n) is 2.69. The summed E-state index contributed by atoms with van der Waals surface area (Å²) in [6, 6.07) is 0. The fraction of sp³-hybridized carbons (Fsp3) is 0.917. The van der Waals surface area contributed by atoms with Crippen molar-refractivity contribution < 1.29 is 14.6 Å². The Bertz CT molecular complexity index is 214. The highest BCUT2D eigenvalue weighted by Crippen LogP contribution is 2.16. The van der Waals surface area contributed by atoms with Crippen LogP contribution in [0.3, 0.4) is 0 Å². The predicted molar refractivity (Wildman–Crippen MR) is 72.4 cm³/mol. The van der Waals surface area contributed by atoms with E-state index in [-0.39, 0.29) is 12.6 Å². The van der Waals surface area contributed by atoms with Gasteiger partial charge in [-0.15, -0.1) is 0 Å². The average molecular weight is 263 g/mol. The lowest BCUT2D eigenvalue weighted by atomic mass is 9.97. The van der Waals surface area contributed by atoms with Crippen LogP contribution in [-0.4, -0.2) is 48.4 Å². The SMILES string of the molecule is CCOC(=O)C(C)(CCCSCCCO)NC. The van der Waals surface area contributed by atoms with Crippen LogP contribution >= 0.6 is 11.8 Å². The number of likely N-dealkylation sites (N-methyl/N-ethyl adjacent to an activating group) is 1. The summed E-state index contributed by atoms with van der Waals surface area (Å²) in [5.74, 6) is 1.81. The molecule has 0 aliphatic heterocycles. The minimum atomic E-state index is -0.576. The van der Waals surface area contributed by atoms with Crippen molar-refractivity contribution in [3.8, 4) is 0 Å². The molecule has 0 spiro atoms. The molecule has 0 aliphatic carbocycles. The Hall–Kier alpha value is -0.260. The molecule has 0 saturated heterocycles. The molecule has 0 amide bonds. The molecule has 1 unspecified atom stereocenters. The summed E-state index contributed by atoms with van der Waals surface area (Å²) < 4.78 is 5.05. The largest absolute Gasteiger partial charge is 0.465 e. The lowest BCUT2D eigenvalue weighted by molar-refractivity contribution is -0.150. The van der Waals surface area contributed by atoms with Gasteiger partial charge in [0.1, 0.15) is 5.54 Å². The van der Waals surface area contributed by atoms with Crippen LogP contribution in [0.1, 0.15) is 33.1 Å². The van der Waals surface area contributed by atoms with Crippen LogP contribution < -0.4 is 5.32 Å². The van der Waals surface area contributed by atoms with Crippen LogP contribution in [-0.2, 0) is 9.53 Å². The van der Waals surface area contributed by atoms with Crippen molar-refractivity contribution in [2.45, 2.75) is 38.6 Å². The molecular weight excluding hydrogens is 238 g/mol. The first-order valence-electron chi connectivity index (χ1n) is 6.15. The monoisotopic (exact) mass is 263 g/mol. The number of hydrogen-bond donors (Lipinski definition) is 2. The number of aliphatic hydroxyl groups excluding tert-OH is 1. The second-order valence-corrected chi connectivity index (χ2v) is 5.32. The Balaban J connectivity index is 3.83. The Labute approximate surface area is 108 Å². The van der Waals surface area contributed by atoms with Gasteiger partial charge in [0.2, 0.25) is 0 Å². The van der Waals surface area contributed by atoms with E-state index in [1.54, 1.807) is 7.05 Å². The van der Waals surface area contributed by atoms with E-state index < -0.39 is 5.54 Å². The van der Waals surface area contributed by atoms with Gasteiger partial charge in [0.25, 0.3) is 0 Å². The molecule has 0 saturated carbocycles. The number of carbonyl (C=O) groups excluding carboxylic acids is 1. The average Bonchev–Trinajstić information content (AvgIpc) is 2.33. The van der Waals surface area contributed by atoms with Gasteiger partial charge < -0.3 is 15.2 Å². The van der Waals surface area contributed by atoms with Gasteiger partial charge in [-0.25, -0.2) is 0 Å². The second kappa shape index (κ2) is 9.74. The molecule has 0 aromatic rings. The first-order valence-corrected chi connectivity index (χ1v) is 7.31. The number of thioether (sulfide) groups is 1. The topological polar surface area (TPSA) is 58.6 Å². The summed E-state index contributed by atoms with van der Waals surface area (Å²) in [6.07, 6.45) is 2.58. The van der Waals surface area contributed by atoms with Crippen molar-refractivity contribution in [2.75, 3.05) is 31.8 Å². The van der Waals surface area contributed by atoms with E-state index >= 15 is 0 Å². The molecule has 0 aromatic carbocycles. The van der Waals surface area contributed by atoms with Crippen molar-refractivity contribution in [2.24, 2.45) is 0 Å². The zero-order chi connectivity index (χ0) is 13.1. The van der Waals surface area contributed by atoms with E-state index in [1.165, 1.54) is 0 Å². The molecule has 0 heterocycles. The maximum Gasteiger partial charge on any atom is 0.326 e. The van der Waals surface area contributed by atoms with Crippen molar-refractivity contribution in [3.05, 3.63) is 0 Å². The Morgan fingerprint density at radius 1 is 1.41 bits per heavy atom. The molecule has 0 fully saturated rings. The Kier molecular flexibility index (Phi) is 9.59. The summed E-state index contributed by atoms with van der Waals surface area (Å²) in [5.41, 5.74) is -0.576. The van der Waals surface area contributed by atoms with E-state index in [2.05, 4.69) is 5.32 Å². The standard InChI is InChI=1S/C12H25NO3S/c1-4-16-11(15)12(2,13-3)7-5-9-17-10-6-8-14/h13-14H,4-10H2,1-3H3. The normalized spacial score (nSPS) is 14.4. The lowest BCUT2D eigenvalue weighted by Gasteiger charge is -2.26. The van der Waals surface area contributed by atoms with Gasteiger partial charge in [0, 0.05) is 6.61 Å². The molecule has 0 aromatic heterocycles. The minimum absolute atomic E-state index is 0.178. The zero-order valence-electron chi connectivity index (χ0n) is 11.1. The molecule has 5 heteroatoms. The van der Waals surface area contributed by atoms with Gasteiger partial charge in [-0.3, -0.25) is 4.79 Å². The molecular formula is C12H25NO3S. The molecule has 1 atom stereocenters. The number of esters is 1. The quantitative estimate of drug-likeness (QED) is 0.461. The van der Waals surface area contributed by atoms with Crippen molar-refractivity contribution >= 4 is 17.7 Å². The van der Waals surface area contributed by atoms with E-state index in [4.69, 9.17) is 9.84 Å². The number of aliphatic hydroxyl groups is 1. The predicted octanol–water partition coefficient (Wildman–Crippen LogP) is 1.42. The molecule has 0 bridgehead atoms. The molecule has 0 aliphatic rings. The van der Waals surface area contributed by atoms with E-state index in [1.807, 2.05) is 25.6 Å². The van der Waals surface area contributed by atoms with Crippen molar-refractivity contribution in [1.82, 2.24) is 5.32 Å². The van der Waals surface area contributed by atoms with Crippen LogP contribution in [0, 0.1) is 0 Å². The molecule has 102 valence electrons. The van der Waals surface area contributed by atoms with Crippen LogP contribution in [0.4, 0.5) is 0 Å². The summed E-state index contributed by atoms with van der Waals surface area (Å²) in [4.78, 5) is 11.7. The maximum atomic E-state index is 11.7. The number of nitrogens with one attached hydrogen (secondary N) is 1. The van der Waals surface area contributed by atoms with Crippen molar-refractivity contribution in [3.63, 3.8) is 0 Å². The molecule has 4 nitrogen and oxygen atoms in total. The second-order valence-electron chi connectivity index (χ2n) is 4.10. The fourth-order valence-corrected chi connectivity index (χ4v) is 2.30. The highest BCUT2D eigenvalue weighted by Gasteiger charge is 2.32. The third kappa shape index (κ3) is 6.91. The van der Waals surface area contributed by atoms with Gasteiger partial charge in [0.05, 0.1) is 6.61 Å². The maximum absolute atomic E-state index is 11.7. The summed E-state index contributed by atoms with van der Waals surface area (Å²) in [6.45, 7) is 4.37. The van der Waals surface area contributed by atoms with E-state index in [0.717, 1.165) is 30.8 Å². The number of carbonyl (C=O) groups is 1. The summed E-state index contributed by atoms with van der Waals surface area (Å²) >= 11 is 1.81. The first-order chi connectivity index (χ1) is 8.10. The smallest absolute Gasteiger partial charge is 0.326 e. The first kappa shape index (κ1) is 16.7. The lowest BCUT2D eigenvalue weighted by Crippen LogP contribution is -2.48. The van der Waals surface area contributed by atoms with Gasteiger partial charge >= 0.3 is 5.97 Å². The molecule has 0 radical (unpaired) electrons. The van der Waals surface area contributed by atoms with Crippen LogP contribution in [0.5, 0.6) is 0 Å². The molecule has 0 rings (SSSR count). The van der Waals surface area contributed by atoms with Crippen LogP contribution in [0.2, 0.25) is 0 Å². The minimum Gasteiger partial charge on any atom is -0.465 e. The van der Waals surface area contributed by atoms with Gasteiger partial charge in [-0.1, -0.05) is 0 Å². The highest BCUT2D eigenvalue weighted by molar-refractivity contribution is 7.99. The third-order valence-corrected chi connectivity index (χ3v) is 3.84. The van der Waals surface area contributed by atoms with E-state index in [9.17, 15) is 4.79 Å². The molecule has 2 N–H and O–H groups in total. The highest BCUT2D eigenvalue weighted by atomic mass is 32.2. The van der Waals surface area contributed by atoms with Crippen molar-refractivity contribution in [1.29, 1.82) is 0 Å². The molecule has 17 heavy (non-hydrogen) atoms. The van der Waals surface area contributed by atoms with Crippen LogP contribution in [0.25, 0.3) is 0 Å². The zero-order valence-corrected chi connectivity index (χ0v) is 11.9. The Morgan fingerprint density at radius 3 is 2.59 bits per heavy atom. The summed E-state index contributed by atoms with van der Waals surface area (Å²) in [7, 11) is 1.79. The van der Waals surface area contributed by atoms with Gasteiger partial charge in [-0.2, -0.15) is 11.8 Å². The fourth-order valence-electron chi connectivity index (χ4n) is 1.42. The van der Waals surface area contributed by atoms with E-state index in [0.29, 0.717) is 6.61 Å². The Morgan fingerprint density at radius 2 is 2.06 bits per heavy atom. The number of hydrogen-bond acceptors (Lipinski definition) is 5.